The first-order valence-electron chi connectivity index (χ1n) is 7.86. The third-order valence-corrected chi connectivity index (χ3v) is 4.03. The lowest BCUT2D eigenvalue weighted by atomic mass is 10.2. The van der Waals surface area contributed by atoms with Crippen LogP contribution >= 0.6 is 0 Å². The summed E-state index contributed by atoms with van der Waals surface area (Å²) in [4.78, 5) is 41.9. The topological polar surface area (TPSA) is 131 Å². The van der Waals surface area contributed by atoms with Gasteiger partial charge in [-0.25, -0.2) is 14.6 Å². The number of carbonyl (C=O) groups is 2. The van der Waals surface area contributed by atoms with Crippen LogP contribution in [0.1, 0.15) is 34.7 Å². The third-order valence-electron chi connectivity index (χ3n) is 4.03. The van der Waals surface area contributed by atoms with Crippen LogP contribution in [-0.2, 0) is 21.6 Å². The minimum absolute atomic E-state index is 0.0670. The Morgan fingerprint density at radius 1 is 1.31 bits per heavy atom. The number of H-pyrrole nitrogens is 1. The van der Waals surface area contributed by atoms with Crippen molar-refractivity contribution in [1.82, 2.24) is 15.3 Å². The van der Waals surface area contributed by atoms with E-state index in [1.165, 1.54) is 0 Å². The van der Waals surface area contributed by atoms with E-state index in [1.807, 2.05) is 30.3 Å². The van der Waals surface area contributed by atoms with Gasteiger partial charge in [0.05, 0.1) is 7.11 Å². The Morgan fingerprint density at radius 2 is 2.00 bits per heavy atom. The van der Waals surface area contributed by atoms with Crippen molar-refractivity contribution in [3.63, 3.8) is 0 Å². The molecule has 3 rings (SSSR count). The van der Waals surface area contributed by atoms with Crippen LogP contribution in [0.3, 0.4) is 0 Å². The van der Waals surface area contributed by atoms with Crippen LogP contribution in [0.2, 0.25) is 0 Å². The van der Waals surface area contributed by atoms with Crippen molar-refractivity contribution in [2.75, 3.05) is 7.11 Å². The van der Waals surface area contributed by atoms with Gasteiger partial charge in [-0.15, -0.1) is 0 Å². The number of carbonyl (C=O) groups excluding carboxylic acids is 2. The third kappa shape index (κ3) is 3.51. The summed E-state index contributed by atoms with van der Waals surface area (Å²) in [6.07, 6.45) is 0.325. The molecule has 1 aromatic heterocycles. The van der Waals surface area contributed by atoms with Gasteiger partial charge in [-0.05, 0) is 18.4 Å². The lowest BCUT2D eigenvalue weighted by Gasteiger charge is -2.17. The number of benzene rings is 1. The molecule has 1 amide bonds. The van der Waals surface area contributed by atoms with E-state index in [1.54, 1.807) is 0 Å². The fourth-order valence-electron chi connectivity index (χ4n) is 2.43. The molecular weight excluding hydrogens is 342 g/mol. The highest BCUT2D eigenvalue weighted by Gasteiger charge is 2.49. The Kier molecular flexibility index (Phi) is 4.61. The first-order chi connectivity index (χ1) is 12.4. The molecule has 0 aliphatic heterocycles. The fourth-order valence-corrected chi connectivity index (χ4v) is 2.43. The summed E-state index contributed by atoms with van der Waals surface area (Å²) in [7, 11) is 1.11. The number of hydrogen-bond acceptors (Lipinski definition) is 7. The van der Waals surface area contributed by atoms with E-state index >= 15 is 0 Å². The molecule has 9 nitrogen and oxygen atoms in total. The zero-order valence-electron chi connectivity index (χ0n) is 13.9. The Bertz CT molecular complexity index is 889. The number of aromatic amines is 1. The van der Waals surface area contributed by atoms with Crippen molar-refractivity contribution in [1.29, 1.82) is 0 Å². The summed E-state index contributed by atoms with van der Waals surface area (Å²) in [6, 6.07) is 9.16. The van der Waals surface area contributed by atoms with E-state index in [9.17, 15) is 19.5 Å². The maximum absolute atomic E-state index is 12.1. The second-order valence-corrected chi connectivity index (χ2v) is 5.87. The number of hydrogen-bond donors (Lipinski definition) is 3. The second-order valence-electron chi connectivity index (χ2n) is 5.87. The van der Waals surface area contributed by atoms with Crippen molar-refractivity contribution >= 4 is 12.1 Å². The molecule has 0 saturated heterocycles. The summed E-state index contributed by atoms with van der Waals surface area (Å²) in [5.74, 6) is -1.71. The molecule has 0 atom stereocenters. The van der Waals surface area contributed by atoms with Crippen LogP contribution in [-0.4, -0.2) is 34.2 Å². The standard InChI is InChI=1S/C17H17N3O6/c1-25-14(23)11-12(21)13(22)19-15(18-11)17(7-8-17)20-16(24)26-9-10-5-3-2-4-6-10/h2-6,21H,7-9H2,1H3,(H,20,24)(H,18,19,22). The van der Waals surface area contributed by atoms with Gasteiger partial charge in [0, 0.05) is 0 Å². The monoisotopic (exact) mass is 359 g/mol. The van der Waals surface area contributed by atoms with Gasteiger partial charge in [0.25, 0.3) is 5.56 Å². The highest BCUT2D eigenvalue weighted by Crippen LogP contribution is 2.43. The summed E-state index contributed by atoms with van der Waals surface area (Å²) in [5.41, 5.74) is -1.50. The number of aromatic hydroxyl groups is 1. The zero-order valence-corrected chi connectivity index (χ0v) is 13.9. The molecule has 0 radical (unpaired) electrons. The van der Waals surface area contributed by atoms with E-state index in [2.05, 4.69) is 20.0 Å². The number of nitrogens with zero attached hydrogens (tertiary/aromatic N) is 1. The number of rotatable bonds is 5. The molecule has 1 saturated carbocycles. The van der Waals surface area contributed by atoms with Gasteiger partial charge >= 0.3 is 12.1 Å². The first-order valence-corrected chi connectivity index (χ1v) is 7.86. The fraction of sp³-hybridized carbons (Fsp3) is 0.294. The molecule has 0 unspecified atom stereocenters. The van der Waals surface area contributed by atoms with Gasteiger partial charge in [0.1, 0.15) is 18.0 Å². The van der Waals surface area contributed by atoms with E-state index in [-0.39, 0.29) is 12.4 Å². The largest absolute Gasteiger partial charge is 0.501 e. The lowest BCUT2D eigenvalue weighted by Crippen LogP contribution is -2.38. The lowest BCUT2D eigenvalue weighted by molar-refractivity contribution is 0.0589. The number of amides is 1. The average Bonchev–Trinajstić information content (AvgIpc) is 3.43. The maximum atomic E-state index is 12.1. The summed E-state index contributed by atoms with van der Waals surface area (Å²) >= 11 is 0. The average molecular weight is 359 g/mol. The SMILES string of the molecule is COC(=O)c1nc(C2(NC(=O)OCc3ccccc3)CC2)[nH]c(=O)c1O. The first kappa shape index (κ1) is 17.5. The van der Waals surface area contributed by atoms with Gasteiger partial charge in [-0.3, -0.25) is 4.79 Å². The Hall–Kier alpha value is -3.36. The van der Waals surface area contributed by atoms with Crippen LogP contribution in [0.15, 0.2) is 35.1 Å². The molecule has 1 aliphatic rings. The molecule has 9 heteroatoms. The number of esters is 1. The Morgan fingerprint density at radius 3 is 2.62 bits per heavy atom. The molecule has 3 N–H and O–H groups in total. The van der Waals surface area contributed by atoms with Crippen LogP contribution in [0.5, 0.6) is 5.75 Å². The minimum Gasteiger partial charge on any atom is -0.501 e. The molecule has 1 aliphatic carbocycles. The van der Waals surface area contributed by atoms with Crippen LogP contribution in [0, 0.1) is 0 Å². The normalized spacial score (nSPS) is 14.3. The van der Waals surface area contributed by atoms with Gasteiger partial charge in [0.15, 0.2) is 5.69 Å². The van der Waals surface area contributed by atoms with Crippen molar-refractivity contribution < 1.29 is 24.2 Å². The molecule has 26 heavy (non-hydrogen) atoms. The molecule has 1 heterocycles. The smallest absolute Gasteiger partial charge is 0.408 e. The predicted molar refractivity (Wildman–Crippen MR) is 88.5 cm³/mol. The van der Waals surface area contributed by atoms with Gasteiger partial charge in [0.2, 0.25) is 5.75 Å². The molecule has 2 aromatic rings. The number of aromatic nitrogens is 2. The number of methoxy groups -OCH3 is 1. The van der Waals surface area contributed by atoms with E-state index < -0.39 is 34.6 Å². The van der Waals surface area contributed by atoms with Crippen LogP contribution in [0.25, 0.3) is 0 Å². The Balaban J connectivity index is 1.74. The van der Waals surface area contributed by atoms with Crippen molar-refractivity contribution in [3.8, 4) is 5.75 Å². The summed E-state index contributed by atoms with van der Waals surface area (Å²) in [6.45, 7) is 0.0929. The van der Waals surface area contributed by atoms with Crippen molar-refractivity contribution in [2.24, 2.45) is 0 Å². The molecule has 136 valence electrons. The van der Waals surface area contributed by atoms with Gasteiger partial charge in [-0.1, -0.05) is 30.3 Å². The highest BCUT2D eigenvalue weighted by molar-refractivity contribution is 5.89. The second kappa shape index (κ2) is 6.87. The molecule has 1 fully saturated rings. The van der Waals surface area contributed by atoms with E-state index in [4.69, 9.17) is 4.74 Å². The van der Waals surface area contributed by atoms with Crippen LogP contribution < -0.4 is 10.9 Å². The van der Waals surface area contributed by atoms with E-state index in [0.29, 0.717) is 12.8 Å². The molecule has 0 spiro atoms. The van der Waals surface area contributed by atoms with Gasteiger partial charge in [-0.2, -0.15) is 0 Å². The quantitative estimate of drug-likeness (QED) is 0.683. The van der Waals surface area contributed by atoms with Gasteiger partial charge < -0.3 is 24.9 Å². The maximum Gasteiger partial charge on any atom is 0.408 e. The zero-order chi connectivity index (χ0) is 18.7. The number of alkyl carbamates (subject to hydrolysis) is 1. The molecule has 0 bridgehead atoms. The van der Waals surface area contributed by atoms with Crippen molar-refractivity contribution in [3.05, 3.63) is 57.8 Å². The minimum atomic E-state index is -0.947. The van der Waals surface area contributed by atoms with E-state index in [0.717, 1.165) is 12.7 Å². The summed E-state index contributed by atoms with van der Waals surface area (Å²) in [5, 5.41) is 12.3. The molecule has 1 aromatic carbocycles. The highest BCUT2D eigenvalue weighted by atomic mass is 16.5. The number of nitrogens with one attached hydrogen (secondary N) is 2. The summed E-state index contributed by atoms with van der Waals surface area (Å²) < 4.78 is 9.67. The molecular formula is C17H17N3O6. The van der Waals surface area contributed by atoms with Crippen molar-refractivity contribution in [2.45, 2.75) is 25.0 Å². The Labute approximate surface area is 148 Å². The predicted octanol–water partition coefficient (Wildman–Crippen LogP) is 1.18. The van der Waals surface area contributed by atoms with Crippen LogP contribution in [0.4, 0.5) is 4.79 Å². The number of ether oxygens (including phenoxy) is 2.